The predicted molar refractivity (Wildman–Crippen MR) is 65.3 cm³/mol. The molecular formula is C12H18N4O. The normalized spacial score (nSPS) is 25.0. The molecule has 0 saturated carbocycles. The molecule has 0 amide bonds. The fourth-order valence-corrected chi connectivity index (χ4v) is 2.37. The number of aromatic nitrogens is 2. The molecule has 3 rings (SSSR count). The maximum atomic E-state index is 5.40. The second-order valence-corrected chi connectivity index (χ2v) is 4.75. The zero-order valence-corrected chi connectivity index (χ0v) is 10.1. The molecule has 5 nitrogen and oxygen atoms in total. The number of likely N-dealkylation sites (N-methyl/N-ethyl adjacent to an activating group) is 1. The molecule has 3 heterocycles. The smallest absolute Gasteiger partial charge is 0.132 e. The molecule has 0 aliphatic carbocycles. The number of nitrogens with zero attached hydrogens (tertiary/aromatic N) is 3. The van der Waals surface area contributed by atoms with Crippen LogP contribution in [0.15, 0.2) is 12.4 Å². The van der Waals surface area contributed by atoms with Crippen molar-refractivity contribution in [2.75, 3.05) is 38.3 Å². The van der Waals surface area contributed by atoms with Crippen LogP contribution in [0.2, 0.25) is 0 Å². The maximum absolute atomic E-state index is 5.40. The molecule has 0 aromatic carbocycles. The summed E-state index contributed by atoms with van der Waals surface area (Å²) in [5.74, 6) is 1.51. The lowest BCUT2D eigenvalue weighted by Crippen LogP contribution is -2.57. The van der Waals surface area contributed by atoms with Crippen molar-refractivity contribution in [1.29, 1.82) is 0 Å². The second kappa shape index (κ2) is 4.58. The van der Waals surface area contributed by atoms with Gasteiger partial charge in [0.25, 0.3) is 0 Å². The molecule has 2 fully saturated rings. The SMILES string of the molecule is CNC1CN(c2cc(C3CCOC3)ncn2)C1. The van der Waals surface area contributed by atoms with Crippen LogP contribution in [0.4, 0.5) is 5.82 Å². The minimum atomic E-state index is 0.457. The Morgan fingerprint density at radius 3 is 3.00 bits per heavy atom. The van der Waals surface area contributed by atoms with Crippen LogP contribution in [0.3, 0.4) is 0 Å². The lowest BCUT2D eigenvalue weighted by atomic mass is 10.0. The molecule has 0 spiro atoms. The van der Waals surface area contributed by atoms with E-state index in [9.17, 15) is 0 Å². The average molecular weight is 234 g/mol. The van der Waals surface area contributed by atoms with Gasteiger partial charge in [-0.1, -0.05) is 0 Å². The molecule has 1 aromatic rings. The summed E-state index contributed by atoms with van der Waals surface area (Å²) in [6.45, 7) is 3.73. The molecule has 5 heteroatoms. The topological polar surface area (TPSA) is 50.3 Å². The van der Waals surface area contributed by atoms with Crippen molar-refractivity contribution in [3.63, 3.8) is 0 Å². The highest BCUT2D eigenvalue weighted by Crippen LogP contribution is 2.26. The Hall–Kier alpha value is -1.20. The van der Waals surface area contributed by atoms with E-state index < -0.39 is 0 Å². The molecule has 2 aliphatic rings. The van der Waals surface area contributed by atoms with Crippen molar-refractivity contribution in [3.05, 3.63) is 18.1 Å². The number of nitrogens with one attached hydrogen (secondary N) is 1. The number of rotatable bonds is 3. The van der Waals surface area contributed by atoms with Gasteiger partial charge in [-0.05, 0) is 13.5 Å². The van der Waals surface area contributed by atoms with Crippen molar-refractivity contribution in [1.82, 2.24) is 15.3 Å². The molecule has 1 N–H and O–H groups in total. The Balaban J connectivity index is 1.71. The van der Waals surface area contributed by atoms with Crippen molar-refractivity contribution < 1.29 is 4.74 Å². The zero-order chi connectivity index (χ0) is 11.7. The largest absolute Gasteiger partial charge is 0.381 e. The number of ether oxygens (including phenoxy) is 1. The van der Waals surface area contributed by atoms with Crippen molar-refractivity contribution in [3.8, 4) is 0 Å². The van der Waals surface area contributed by atoms with Crippen LogP contribution in [-0.2, 0) is 4.74 Å². The minimum absolute atomic E-state index is 0.457. The van der Waals surface area contributed by atoms with Crippen LogP contribution in [0.25, 0.3) is 0 Å². The third kappa shape index (κ3) is 2.12. The number of hydrogen-bond acceptors (Lipinski definition) is 5. The van der Waals surface area contributed by atoms with Gasteiger partial charge in [0.05, 0.1) is 12.3 Å². The van der Waals surface area contributed by atoms with E-state index in [1.807, 2.05) is 7.05 Å². The van der Waals surface area contributed by atoms with E-state index in [1.165, 1.54) is 0 Å². The Labute approximate surface area is 101 Å². The van der Waals surface area contributed by atoms with Gasteiger partial charge < -0.3 is 15.0 Å². The predicted octanol–water partition coefficient (Wildman–Crippen LogP) is 0.388. The van der Waals surface area contributed by atoms with Gasteiger partial charge in [-0.25, -0.2) is 9.97 Å². The summed E-state index contributed by atoms with van der Waals surface area (Å²) in [7, 11) is 2.00. The molecule has 1 atom stereocenters. The first-order valence-corrected chi connectivity index (χ1v) is 6.18. The van der Waals surface area contributed by atoms with E-state index in [-0.39, 0.29) is 0 Å². The molecule has 1 aromatic heterocycles. The van der Waals surface area contributed by atoms with Crippen LogP contribution in [-0.4, -0.2) is 49.4 Å². The fourth-order valence-electron chi connectivity index (χ4n) is 2.37. The molecule has 2 saturated heterocycles. The van der Waals surface area contributed by atoms with Crippen LogP contribution < -0.4 is 10.2 Å². The summed E-state index contributed by atoms with van der Waals surface area (Å²) >= 11 is 0. The molecule has 0 radical (unpaired) electrons. The van der Waals surface area contributed by atoms with Crippen LogP contribution in [0.1, 0.15) is 18.0 Å². The molecule has 17 heavy (non-hydrogen) atoms. The zero-order valence-electron chi connectivity index (χ0n) is 10.1. The van der Waals surface area contributed by atoms with Gasteiger partial charge in [-0.2, -0.15) is 0 Å². The molecule has 1 unspecified atom stereocenters. The Bertz CT molecular complexity index is 386. The van der Waals surface area contributed by atoms with Crippen LogP contribution in [0, 0.1) is 0 Å². The summed E-state index contributed by atoms with van der Waals surface area (Å²) in [5.41, 5.74) is 1.13. The highest BCUT2D eigenvalue weighted by molar-refractivity contribution is 5.43. The summed E-state index contributed by atoms with van der Waals surface area (Å²) in [5, 5.41) is 3.27. The monoisotopic (exact) mass is 234 g/mol. The first-order valence-electron chi connectivity index (χ1n) is 6.18. The fraction of sp³-hybridized carbons (Fsp3) is 0.667. The Kier molecular flexibility index (Phi) is 2.94. The van der Waals surface area contributed by atoms with Crippen molar-refractivity contribution in [2.45, 2.75) is 18.4 Å². The van der Waals surface area contributed by atoms with Crippen LogP contribution in [0.5, 0.6) is 0 Å². The third-order valence-electron chi connectivity index (χ3n) is 3.64. The minimum Gasteiger partial charge on any atom is -0.381 e. The number of anilines is 1. The van der Waals surface area contributed by atoms with Crippen molar-refractivity contribution >= 4 is 5.82 Å². The van der Waals surface area contributed by atoms with Gasteiger partial charge in [-0.3, -0.25) is 0 Å². The summed E-state index contributed by atoms with van der Waals surface area (Å²) in [4.78, 5) is 11.0. The maximum Gasteiger partial charge on any atom is 0.132 e. The van der Waals surface area contributed by atoms with E-state index in [4.69, 9.17) is 4.74 Å². The average Bonchev–Trinajstić information content (AvgIpc) is 2.81. The first kappa shape index (κ1) is 10.9. The lowest BCUT2D eigenvalue weighted by molar-refractivity contribution is 0.193. The van der Waals surface area contributed by atoms with Gasteiger partial charge in [0, 0.05) is 37.7 Å². The van der Waals surface area contributed by atoms with Crippen LogP contribution >= 0.6 is 0 Å². The quantitative estimate of drug-likeness (QED) is 0.820. The second-order valence-electron chi connectivity index (χ2n) is 4.75. The van der Waals surface area contributed by atoms with E-state index in [1.54, 1.807) is 6.33 Å². The van der Waals surface area contributed by atoms with Gasteiger partial charge >= 0.3 is 0 Å². The highest BCUT2D eigenvalue weighted by atomic mass is 16.5. The molecule has 2 aliphatic heterocycles. The first-order chi connectivity index (χ1) is 8.36. The standard InChI is InChI=1S/C12H18N4O/c1-13-10-5-16(6-10)12-4-11(14-8-15-12)9-2-3-17-7-9/h4,8-10,13H,2-3,5-7H2,1H3. The van der Waals surface area contributed by atoms with Gasteiger partial charge in [0.2, 0.25) is 0 Å². The van der Waals surface area contributed by atoms with Crippen molar-refractivity contribution in [2.24, 2.45) is 0 Å². The van der Waals surface area contributed by atoms with Gasteiger partial charge in [-0.15, -0.1) is 0 Å². The Morgan fingerprint density at radius 1 is 1.41 bits per heavy atom. The van der Waals surface area contributed by atoms with E-state index in [0.717, 1.165) is 44.2 Å². The summed E-state index contributed by atoms with van der Waals surface area (Å²) < 4.78 is 5.40. The van der Waals surface area contributed by atoms with E-state index >= 15 is 0 Å². The van der Waals surface area contributed by atoms with Gasteiger partial charge in [0.1, 0.15) is 12.1 Å². The summed E-state index contributed by atoms with van der Waals surface area (Å²) in [6.07, 6.45) is 2.76. The molecule has 92 valence electrons. The van der Waals surface area contributed by atoms with E-state index in [0.29, 0.717) is 12.0 Å². The highest BCUT2D eigenvalue weighted by Gasteiger charge is 2.27. The Morgan fingerprint density at radius 2 is 2.29 bits per heavy atom. The summed E-state index contributed by atoms with van der Waals surface area (Å²) in [6, 6.07) is 2.72. The molecule has 0 bridgehead atoms. The van der Waals surface area contributed by atoms with E-state index in [2.05, 4.69) is 26.3 Å². The lowest BCUT2D eigenvalue weighted by Gasteiger charge is -2.40. The molecular weight excluding hydrogens is 216 g/mol. The van der Waals surface area contributed by atoms with Gasteiger partial charge in [0.15, 0.2) is 0 Å². The third-order valence-corrected chi connectivity index (χ3v) is 3.64. The number of hydrogen-bond donors (Lipinski definition) is 1.